The molecule has 0 saturated carbocycles. The largest absolute Gasteiger partial charge is 0.480 e. The predicted molar refractivity (Wildman–Crippen MR) is 82.8 cm³/mol. The van der Waals surface area contributed by atoms with Crippen LogP contribution in [0.2, 0.25) is 0 Å². The number of rotatable bonds is 5. The molecule has 1 N–H and O–H groups in total. The van der Waals surface area contributed by atoms with Gasteiger partial charge in [-0.3, -0.25) is 4.79 Å². The smallest absolute Gasteiger partial charge is 0.322 e. The lowest BCUT2D eigenvalue weighted by molar-refractivity contribution is -0.137. The van der Waals surface area contributed by atoms with E-state index in [0.29, 0.717) is 5.56 Å². The zero-order chi connectivity index (χ0) is 15.6. The SMILES string of the molecule is CC(C)C(C(=O)O)S(=O)(=O)Cc1cccc2ccccc12. The van der Waals surface area contributed by atoms with Gasteiger partial charge in [0.15, 0.2) is 15.1 Å². The van der Waals surface area contributed by atoms with Crippen LogP contribution < -0.4 is 0 Å². The van der Waals surface area contributed by atoms with Crippen LogP contribution in [0.3, 0.4) is 0 Å². The molecular weight excluding hydrogens is 288 g/mol. The normalized spacial score (nSPS) is 13.5. The summed E-state index contributed by atoms with van der Waals surface area (Å²) in [6.45, 7) is 3.22. The summed E-state index contributed by atoms with van der Waals surface area (Å²) >= 11 is 0. The van der Waals surface area contributed by atoms with Crippen molar-refractivity contribution in [1.82, 2.24) is 0 Å². The maximum absolute atomic E-state index is 12.4. The van der Waals surface area contributed by atoms with Crippen molar-refractivity contribution in [2.24, 2.45) is 5.92 Å². The average Bonchev–Trinajstić information content (AvgIpc) is 2.37. The summed E-state index contributed by atoms with van der Waals surface area (Å²) in [5.74, 6) is -2.02. The van der Waals surface area contributed by atoms with Gasteiger partial charge in [-0.05, 0) is 22.3 Å². The minimum absolute atomic E-state index is 0.260. The first-order valence-corrected chi connectivity index (χ1v) is 8.45. The number of hydrogen-bond acceptors (Lipinski definition) is 3. The highest BCUT2D eigenvalue weighted by atomic mass is 32.2. The van der Waals surface area contributed by atoms with E-state index in [1.165, 1.54) is 0 Å². The third-order valence-corrected chi connectivity index (χ3v) is 5.71. The molecule has 2 aromatic carbocycles. The Labute approximate surface area is 124 Å². The summed E-state index contributed by atoms with van der Waals surface area (Å²) in [5.41, 5.74) is 0.639. The van der Waals surface area contributed by atoms with Crippen molar-refractivity contribution in [2.45, 2.75) is 24.9 Å². The Morgan fingerprint density at radius 1 is 1.10 bits per heavy atom. The van der Waals surface area contributed by atoms with Crippen LogP contribution in [-0.4, -0.2) is 24.7 Å². The molecule has 5 heteroatoms. The number of carboxylic acids is 1. The van der Waals surface area contributed by atoms with Crippen LogP contribution >= 0.6 is 0 Å². The first-order chi connectivity index (χ1) is 9.83. The van der Waals surface area contributed by atoms with Crippen molar-refractivity contribution in [3.63, 3.8) is 0 Å². The maximum Gasteiger partial charge on any atom is 0.322 e. The number of aliphatic carboxylic acids is 1. The number of fused-ring (bicyclic) bond motifs is 1. The Kier molecular flexibility index (Phi) is 4.32. The van der Waals surface area contributed by atoms with Crippen molar-refractivity contribution in [1.29, 1.82) is 0 Å². The Balaban J connectivity index is 2.46. The van der Waals surface area contributed by atoms with E-state index < -0.39 is 27.0 Å². The van der Waals surface area contributed by atoms with Gasteiger partial charge in [0.2, 0.25) is 0 Å². The van der Waals surface area contributed by atoms with Gasteiger partial charge < -0.3 is 5.11 Å². The molecule has 0 spiro atoms. The topological polar surface area (TPSA) is 71.4 Å². The van der Waals surface area contributed by atoms with E-state index >= 15 is 0 Å². The maximum atomic E-state index is 12.4. The molecule has 4 nitrogen and oxygen atoms in total. The summed E-state index contributed by atoms with van der Waals surface area (Å²) in [5, 5.41) is 9.60. The van der Waals surface area contributed by atoms with Crippen molar-refractivity contribution < 1.29 is 18.3 Å². The average molecular weight is 306 g/mol. The summed E-state index contributed by atoms with van der Waals surface area (Å²) < 4.78 is 24.9. The van der Waals surface area contributed by atoms with Crippen molar-refractivity contribution in [3.8, 4) is 0 Å². The van der Waals surface area contributed by atoms with E-state index in [1.54, 1.807) is 26.0 Å². The molecule has 2 aromatic rings. The number of carbonyl (C=O) groups is 1. The van der Waals surface area contributed by atoms with E-state index in [1.807, 2.05) is 30.3 Å². The van der Waals surface area contributed by atoms with Crippen LogP contribution in [0.15, 0.2) is 42.5 Å². The van der Waals surface area contributed by atoms with Crippen molar-refractivity contribution in [2.75, 3.05) is 0 Å². The second-order valence-electron chi connectivity index (χ2n) is 5.45. The van der Waals surface area contributed by atoms with Gasteiger partial charge in [-0.15, -0.1) is 0 Å². The first kappa shape index (κ1) is 15.5. The molecule has 0 radical (unpaired) electrons. The molecular formula is C16H18O4S. The molecule has 0 heterocycles. The van der Waals surface area contributed by atoms with Crippen LogP contribution in [0.25, 0.3) is 10.8 Å². The molecule has 2 rings (SSSR count). The predicted octanol–water partition coefficient (Wildman–Crippen LogP) is 2.86. The Morgan fingerprint density at radius 2 is 1.71 bits per heavy atom. The molecule has 21 heavy (non-hydrogen) atoms. The minimum atomic E-state index is -3.76. The van der Waals surface area contributed by atoms with E-state index in [2.05, 4.69) is 0 Å². The van der Waals surface area contributed by atoms with Crippen LogP contribution in [-0.2, 0) is 20.4 Å². The second kappa shape index (κ2) is 5.85. The van der Waals surface area contributed by atoms with Gasteiger partial charge in [-0.25, -0.2) is 8.42 Å². The number of sulfone groups is 1. The highest BCUT2D eigenvalue weighted by molar-refractivity contribution is 7.92. The van der Waals surface area contributed by atoms with Gasteiger partial charge in [0.1, 0.15) is 0 Å². The fraction of sp³-hybridized carbons (Fsp3) is 0.312. The molecule has 0 saturated heterocycles. The molecule has 0 aliphatic carbocycles. The molecule has 0 amide bonds. The molecule has 1 unspecified atom stereocenters. The van der Waals surface area contributed by atoms with Crippen molar-refractivity contribution >= 4 is 26.6 Å². The number of benzene rings is 2. The number of carboxylic acid groups (broad SMARTS) is 1. The third kappa shape index (κ3) is 3.24. The van der Waals surface area contributed by atoms with E-state index in [4.69, 9.17) is 0 Å². The van der Waals surface area contributed by atoms with E-state index in [0.717, 1.165) is 10.8 Å². The first-order valence-electron chi connectivity index (χ1n) is 6.74. The van der Waals surface area contributed by atoms with Gasteiger partial charge in [0.25, 0.3) is 0 Å². The highest BCUT2D eigenvalue weighted by Gasteiger charge is 2.35. The molecule has 0 aromatic heterocycles. The summed E-state index contributed by atoms with van der Waals surface area (Å²) in [7, 11) is -3.76. The van der Waals surface area contributed by atoms with Gasteiger partial charge in [0.05, 0.1) is 5.75 Å². The highest BCUT2D eigenvalue weighted by Crippen LogP contribution is 2.24. The fourth-order valence-electron chi connectivity index (χ4n) is 2.58. The van der Waals surface area contributed by atoms with Gasteiger partial charge in [-0.2, -0.15) is 0 Å². The Hall–Kier alpha value is -1.88. The van der Waals surface area contributed by atoms with Crippen LogP contribution in [0, 0.1) is 5.92 Å². The fourth-order valence-corrected chi connectivity index (χ4v) is 4.58. The van der Waals surface area contributed by atoms with Crippen molar-refractivity contribution in [3.05, 3.63) is 48.0 Å². The van der Waals surface area contributed by atoms with Crippen LogP contribution in [0.4, 0.5) is 0 Å². The van der Waals surface area contributed by atoms with E-state index in [-0.39, 0.29) is 5.75 Å². The van der Waals surface area contributed by atoms with Crippen LogP contribution in [0.1, 0.15) is 19.4 Å². The molecule has 0 bridgehead atoms. The standard InChI is InChI=1S/C16H18O4S/c1-11(2)15(16(17)18)21(19,20)10-13-8-5-7-12-6-3-4-9-14(12)13/h3-9,11,15H,10H2,1-2H3,(H,17,18). The summed E-state index contributed by atoms with van der Waals surface area (Å²) in [4.78, 5) is 11.3. The molecule has 0 aliphatic rings. The Bertz CT molecular complexity index is 757. The lowest BCUT2D eigenvalue weighted by Gasteiger charge is -2.17. The Morgan fingerprint density at radius 3 is 2.33 bits per heavy atom. The zero-order valence-electron chi connectivity index (χ0n) is 12.0. The molecule has 112 valence electrons. The molecule has 1 atom stereocenters. The third-order valence-electron chi connectivity index (χ3n) is 3.47. The van der Waals surface area contributed by atoms with Crippen LogP contribution in [0.5, 0.6) is 0 Å². The summed E-state index contributed by atoms with van der Waals surface area (Å²) in [6.07, 6.45) is 0. The molecule has 0 fully saturated rings. The lowest BCUT2D eigenvalue weighted by atomic mass is 10.1. The molecule has 0 aliphatic heterocycles. The van der Waals surface area contributed by atoms with E-state index in [9.17, 15) is 18.3 Å². The minimum Gasteiger partial charge on any atom is -0.480 e. The second-order valence-corrected chi connectivity index (χ2v) is 7.57. The monoisotopic (exact) mass is 306 g/mol. The zero-order valence-corrected chi connectivity index (χ0v) is 12.8. The summed E-state index contributed by atoms with van der Waals surface area (Å²) in [6, 6.07) is 12.9. The lowest BCUT2D eigenvalue weighted by Crippen LogP contribution is -2.35. The number of hydrogen-bond donors (Lipinski definition) is 1. The van der Waals surface area contributed by atoms with Gasteiger partial charge in [0, 0.05) is 0 Å². The van der Waals surface area contributed by atoms with Gasteiger partial charge in [-0.1, -0.05) is 56.3 Å². The quantitative estimate of drug-likeness (QED) is 0.922. The van der Waals surface area contributed by atoms with Gasteiger partial charge >= 0.3 is 5.97 Å².